The van der Waals surface area contributed by atoms with Gasteiger partial charge in [-0.1, -0.05) is 56.5 Å². The summed E-state index contributed by atoms with van der Waals surface area (Å²) in [5.74, 6) is 0. The number of nitrogens with zero attached hydrogens (tertiary/aromatic N) is 1. The maximum atomic E-state index is 5.87. The fourth-order valence-electron chi connectivity index (χ4n) is 2.71. The SMILES string of the molecule is CCC1(O[N-]CCc2ccccc2)CCCCC1.[CH3-].[CH3-].[Y].[Y]. The van der Waals surface area contributed by atoms with Crippen molar-refractivity contribution in [2.75, 3.05) is 6.54 Å². The summed E-state index contributed by atoms with van der Waals surface area (Å²) in [6.45, 7) is 2.99. The average molecular weight is 454 g/mol. The van der Waals surface area contributed by atoms with Crippen molar-refractivity contribution in [3.05, 3.63) is 56.2 Å². The van der Waals surface area contributed by atoms with Gasteiger partial charge in [0.25, 0.3) is 0 Å². The summed E-state index contributed by atoms with van der Waals surface area (Å²) < 4.78 is 0. The van der Waals surface area contributed by atoms with E-state index in [1.165, 1.54) is 37.7 Å². The van der Waals surface area contributed by atoms with Crippen molar-refractivity contribution in [1.82, 2.24) is 0 Å². The Hall–Kier alpha value is 1.35. The van der Waals surface area contributed by atoms with E-state index in [1.807, 2.05) is 6.07 Å². The quantitative estimate of drug-likeness (QED) is 0.315. The molecule has 1 aromatic rings. The van der Waals surface area contributed by atoms with E-state index < -0.39 is 0 Å². The van der Waals surface area contributed by atoms with Crippen LogP contribution in [0.15, 0.2) is 30.3 Å². The minimum Gasteiger partial charge on any atom is -0.534 e. The largest absolute Gasteiger partial charge is 0.534 e. The monoisotopic (exact) mass is 454 g/mol. The molecule has 0 amide bonds. The maximum Gasteiger partial charge on any atom is 0.0474 e. The first-order valence-electron chi connectivity index (χ1n) is 7.23. The summed E-state index contributed by atoms with van der Waals surface area (Å²) in [5.41, 5.74) is 5.72. The number of hydrogen-bond acceptors (Lipinski definition) is 1. The Morgan fingerprint density at radius 3 is 2.14 bits per heavy atom. The van der Waals surface area contributed by atoms with Gasteiger partial charge < -0.3 is 25.2 Å². The third kappa shape index (κ3) is 9.60. The molecule has 0 aromatic heterocycles. The first-order chi connectivity index (χ1) is 8.85. The zero-order chi connectivity index (χ0) is 12.7. The van der Waals surface area contributed by atoms with Crippen molar-refractivity contribution < 1.29 is 70.3 Å². The second-order valence-electron chi connectivity index (χ2n) is 5.28. The predicted molar refractivity (Wildman–Crippen MR) is 88.4 cm³/mol. The fourth-order valence-corrected chi connectivity index (χ4v) is 2.71. The van der Waals surface area contributed by atoms with Crippen LogP contribution < -0.4 is 0 Å². The van der Waals surface area contributed by atoms with Gasteiger partial charge in [-0.2, -0.15) is 0 Å². The zero-order valence-electron chi connectivity index (χ0n) is 14.6. The van der Waals surface area contributed by atoms with E-state index in [1.54, 1.807) is 0 Å². The summed E-state index contributed by atoms with van der Waals surface area (Å²) in [6.07, 6.45) is 8.36. The molecule has 1 aliphatic carbocycles. The minimum atomic E-state index is 0. The van der Waals surface area contributed by atoms with E-state index in [0.717, 1.165) is 19.4 Å². The fraction of sp³-hybridized carbons (Fsp3) is 0.556. The number of hydroxylamine groups is 1. The Kier molecular flexibility index (Phi) is 20.3. The summed E-state index contributed by atoms with van der Waals surface area (Å²) in [7, 11) is 0. The normalized spacial score (nSPS) is 15.3. The molecule has 2 radical (unpaired) electrons. The molecule has 0 heterocycles. The number of benzene rings is 1. The molecular weight excluding hydrogens is 424 g/mol. The van der Waals surface area contributed by atoms with Crippen LogP contribution >= 0.6 is 0 Å². The second-order valence-corrected chi connectivity index (χ2v) is 5.28. The Morgan fingerprint density at radius 1 is 1.00 bits per heavy atom. The van der Waals surface area contributed by atoms with E-state index in [9.17, 15) is 0 Å². The molecule has 0 N–H and O–H groups in total. The second kappa shape index (κ2) is 15.9. The third-order valence-corrected chi connectivity index (χ3v) is 4.00. The van der Waals surface area contributed by atoms with Crippen LogP contribution in [-0.2, 0) is 76.7 Å². The van der Waals surface area contributed by atoms with Crippen molar-refractivity contribution in [3.8, 4) is 0 Å². The van der Waals surface area contributed by atoms with E-state index >= 15 is 0 Å². The molecule has 2 nitrogen and oxygen atoms in total. The van der Waals surface area contributed by atoms with Crippen molar-refractivity contribution in [2.24, 2.45) is 0 Å². The van der Waals surface area contributed by atoms with Gasteiger partial charge in [0.2, 0.25) is 0 Å². The molecule has 22 heavy (non-hydrogen) atoms. The molecule has 1 aliphatic rings. The zero-order valence-corrected chi connectivity index (χ0v) is 20.2. The Balaban J connectivity index is -0.000000902. The van der Waals surface area contributed by atoms with Gasteiger partial charge in [0.15, 0.2) is 0 Å². The van der Waals surface area contributed by atoms with Gasteiger partial charge in [-0.15, -0.1) is 6.54 Å². The van der Waals surface area contributed by atoms with Crippen molar-refractivity contribution >= 4 is 0 Å². The molecule has 2 rings (SSSR count). The van der Waals surface area contributed by atoms with Crippen LogP contribution in [0.25, 0.3) is 5.48 Å². The van der Waals surface area contributed by atoms with Crippen LogP contribution in [0, 0.1) is 14.9 Å². The summed E-state index contributed by atoms with van der Waals surface area (Å²) in [5, 5.41) is 0. The summed E-state index contributed by atoms with van der Waals surface area (Å²) >= 11 is 0. The first-order valence-corrected chi connectivity index (χ1v) is 7.23. The van der Waals surface area contributed by atoms with Crippen LogP contribution in [0.5, 0.6) is 0 Å². The van der Waals surface area contributed by atoms with Crippen LogP contribution in [0.4, 0.5) is 0 Å². The molecule has 4 heteroatoms. The first kappa shape index (κ1) is 28.2. The molecule has 0 aliphatic heterocycles. The van der Waals surface area contributed by atoms with E-state index in [4.69, 9.17) is 4.84 Å². The van der Waals surface area contributed by atoms with Crippen LogP contribution in [0.2, 0.25) is 0 Å². The molecule has 0 bridgehead atoms. The molecule has 122 valence electrons. The van der Waals surface area contributed by atoms with Crippen LogP contribution in [0.1, 0.15) is 51.0 Å². The van der Waals surface area contributed by atoms with Gasteiger partial charge in [0.1, 0.15) is 0 Å². The van der Waals surface area contributed by atoms with E-state index in [2.05, 4.69) is 36.7 Å². The third-order valence-electron chi connectivity index (χ3n) is 4.00. The van der Waals surface area contributed by atoms with Crippen molar-refractivity contribution in [2.45, 2.75) is 57.5 Å². The molecule has 0 saturated heterocycles. The Morgan fingerprint density at radius 2 is 1.59 bits per heavy atom. The number of rotatable bonds is 6. The van der Waals surface area contributed by atoms with Gasteiger partial charge in [-0.25, -0.2) is 0 Å². The molecule has 0 atom stereocenters. The molecule has 1 aromatic carbocycles. The standard InChI is InChI=1S/C16H24NO.2CH3.2Y/c1-2-16(12-7-4-8-13-16)18-17-14-11-15-9-5-3-6-10-15;;;;/h3,5-6,9-10H,2,4,7-8,11-14H2,1H3;2*1H3;;/q3*-1;;. The van der Waals surface area contributed by atoms with Crippen molar-refractivity contribution in [1.29, 1.82) is 0 Å². The maximum absolute atomic E-state index is 5.87. The van der Waals surface area contributed by atoms with Gasteiger partial charge in [-0.05, 0) is 31.2 Å². The van der Waals surface area contributed by atoms with Gasteiger partial charge in [0, 0.05) is 71.0 Å². The number of hydrogen-bond donors (Lipinski definition) is 0. The Bertz CT molecular complexity index is 340. The van der Waals surface area contributed by atoms with Gasteiger partial charge in [0.05, 0.1) is 0 Å². The average Bonchev–Trinajstić information content (AvgIpc) is 2.46. The smallest absolute Gasteiger partial charge is 0.0474 e. The molecule has 1 saturated carbocycles. The molecular formula is C18H30NOY2-3. The van der Waals surface area contributed by atoms with Crippen molar-refractivity contribution in [3.63, 3.8) is 0 Å². The van der Waals surface area contributed by atoms with Crippen LogP contribution in [0.3, 0.4) is 0 Å². The molecule has 0 unspecified atom stereocenters. The summed E-state index contributed by atoms with van der Waals surface area (Å²) in [4.78, 5) is 5.87. The van der Waals surface area contributed by atoms with Crippen LogP contribution in [-0.4, -0.2) is 12.1 Å². The minimum absolute atomic E-state index is 0. The van der Waals surface area contributed by atoms with Gasteiger partial charge >= 0.3 is 0 Å². The predicted octanol–water partition coefficient (Wildman–Crippen LogP) is 5.54. The molecule has 1 fully saturated rings. The summed E-state index contributed by atoms with van der Waals surface area (Å²) in [6, 6.07) is 10.5. The van der Waals surface area contributed by atoms with E-state index in [-0.39, 0.29) is 85.9 Å². The Labute approximate surface area is 188 Å². The molecule has 0 spiro atoms. The van der Waals surface area contributed by atoms with E-state index in [0.29, 0.717) is 0 Å². The van der Waals surface area contributed by atoms with Gasteiger partial charge in [-0.3, -0.25) is 0 Å². The topological polar surface area (TPSA) is 23.3 Å².